The van der Waals surface area contributed by atoms with E-state index in [9.17, 15) is 15.0 Å². The van der Waals surface area contributed by atoms with Crippen molar-refractivity contribution in [1.29, 1.82) is 0 Å². The molecule has 0 atom stereocenters. The first-order valence-electron chi connectivity index (χ1n) is 7.17. The Labute approximate surface area is 140 Å². The zero-order chi connectivity index (χ0) is 17.5. The Bertz CT molecular complexity index is 751. The van der Waals surface area contributed by atoms with Crippen LogP contribution in [0.25, 0.3) is 11.8 Å². The molecule has 0 aliphatic rings. The van der Waals surface area contributed by atoms with Crippen LogP contribution in [0.3, 0.4) is 0 Å². The fraction of sp³-hybridized carbons (Fsp3) is 0.105. The molecule has 0 bridgehead atoms. The van der Waals surface area contributed by atoms with E-state index in [1.54, 1.807) is 38.5 Å². The van der Waals surface area contributed by atoms with Crippen molar-refractivity contribution in [2.24, 2.45) is 0 Å². The van der Waals surface area contributed by atoms with Crippen molar-refractivity contribution < 1.29 is 24.5 Å². The molecular weight excluding hydrogens is 308 g/mol. The van der Waals surface area contributed by atoms with Gasteiger partial charge in [-0.3, -0.25) is 4.79 Å². The van der Waals surface area contributed by atoms with Gasteiger partial charge in [-0.25, -0.2) is 0 Å². The van der Waals surface area contributed by atoms with Gasteiger partial charge in [-0.2, -0.15) is 0 Å². The van der Waals surface area contributed by atoms with Crippen molar-refractivity contribution in [2.75, 3.05) is 14.2 Å². The van der Waals surface area contributed by atoms with Crippen LogP contribution in [0.4, 0.5) is 0 Å². The molecule has 5 nitrogen and oxygen atoms in total. The molecule has 124 valence electrons. The lowest BCUT2D eigenvalue weighted by Crippen LogP contribution is -1.91. The van der Waals surface area contributed by atoms with Gasteiger partial charge in [-0.05, 0) is 48.0 Å². The van der Waals surface area contributed by atoms with Crippen LogP contribution in [0.5, 0.6) is 17.2 Å². The van der Waals surface area contributed by atoms with Gasteiger partial charge in [0.05, 0.1) is 14.2 Å². The van der Waals surface area contributed by atoms with Gasteiger partial charge in [0.25, 0.3) is 0 Å². The number of carbonyl (C=O) groups is 1. The van der Waals surface area contributed by atoms with E-state index in [4.69, 9.17) is 9.47 Å². The number of ketones is 1. The molecule has 0 fully saturated rings. The first kappa shape index (κ1) is 17.1. The normalized spacial score (nSPS) is 11.5. The monoisotopic (exact) mass is 326 g/mol. The number of hydrogen-bond acceptors (Lipinski definition) is 5. The van der Waals surface area contributed by atoms with E-state index >= 15 is 0 Å². The highest BCUT2D eigenvalue weighted by Gasteiger charge is 2.03. The van der Waals surface area contributed by atoms with Gasteiger partial charge < -0.3 is 19.7 Å². The molecule has 0 aromatic heterocycles. The van der Waals surface area contributed by atoms with Gasteiger partial charge in [0.15, 0.2) is 5.78 Å². The van der Waals surface area contributed by atoms with Crippen LogP contribution in [0.15, 0.2) is 54.6 Å². The number of carbonyl (C=O) groups excluding carboxylic acids is 1. The number of aliphatic hydroxyl groups excluding tert-OH is 1. The maximum absolute atomic E-state index is 11.9. The molecule has 2 rings (SSSR count). The fourth-order valence-electron chi connectivity index (χ4n) is 2.00. The van der Waals surface area contributed by atoms with Crippen LogP contribution in [0.1, 0.15) is 11.1 Å². The Kier molecular flexibility index (Phi) is 5.63. The third kappa shape index (κ3) is 4.64. The molecule has 5 heteroatoms. The Morgan fingerprint density at radius 3 is 2.12 bits per heavy atom. The second-order valence-corrected chi connectivity index (χ2v) is 4.96. The molecule has 0 saturated carbocycles. The minimum Gasteiger partial charge on any atom is -0.508 e. The predicted octanol–water partition coefficient (Wildman–Crippen LogP) is 3.59. The molecule has 2 N–H and O–H groups in total. The summed E-state index contributed by atoms with van der Waals surface area (Å²) in [6, 6.07) is 11.2. The molecule has 0 spiro atoms. The number of phenolic OH excluding ortho intramolecular Hbond substituents is 1. The summed E-state index contributed by atoms with van der Waals surface area (Å²) in [5.74, 6) is 0.771. The minimum absolute atomic E-state index is 0.0877. The molecule has 0 unspecified atom stereocenters. The molecule has 0 saturated heterocycles. The van der Waals surface area contributed by atoms with E-state index in [1.165, 1.54) is 30.3 Å². The standard InChI is InChI=1S/C19H18O5/c1-23-17-9-13(10-18(12-17)24-2)3-6-16(21)11-19(22)14-4-7-15(20)8-5-14/h3-12,20,22H,1-2H3/b6-3+,19-11?. The molecule has 0 radical (unpaired) electrons. The number of benzene rings is 2. The highest BCUT2D eigenvalue weighted by Crippen LogP contribution is 2.23. The van der Waals surface area contributed by atoms with Crippen LogP contribution in [-0.4, -0.2) is 30.2 Å². The SMILES string of the molecule is COc1cc(/C=C/C(=O)C=C(O)c2ccc(O)cc2)cc(OC)c1. The van der Waals surface area contributed by atoms with Crippen LogP contribution < -0.4 is 9.47 Å². The highest BCUT2D eigenvalue weighted by atomic mass is 16.5. The Morgan fingerprint density at radius 2 is 1.58 bits per heavy atom. The van der Waals surface area contributed by atoms with E-state index in [-0.39, 0.29) is 17.3 Å². The number of methoxy groups -OCH3 is 2. The second-order valence-electron chi connectivity index (χ2n) is 4.96. The van der Waals surface area contributed by atoms with E-state index < -0.39 is 0 Å². The quantitative estimate of drug-likeness (QED) is 0.627. The zero-order valence-electron chi connectivity index (χ0n) is 13.4. The number of rotatable bonds is 6. The second kappa shape index (κ2) is 7.87. The number of allylic oxidation sites excluding steroid dienone is 2. The summed E-state index contributed by atoms with van der Waals surface area (Å²) >= 11 is 0. The van der Waals surface area contributed by atoms with Crippen molar-refractivity contribution in [3.8, 4) is 17.2 Å². The van der Waals surface area contributed by atoms with Crippen molar-refractivity contribution in [2.45, 2.75) is 0 Å². The minimum atomic E-state index is -0.373. The molecule has 0 heterocycles. The van der Waals surface area contributed by atoms with Crippen LogP contribution in [0.2, 0.25) is 0 Å². The van der Waals surface area contributed by atoms with Gasteiger partial charge in [-0.1, -0.05) is 6.08 Å². The lowest BCUT2D eigenvalue weighted by molar-refractivity contribution is -0.110. The van der Waals surface area contributed by atoms with Gasteiger partial charge in [0.1, 0.15) is 23.0 Å². The van der Waals surface area contributed by atoms with E-state index in [1.807, 2.05) is 0 Å². The lowest BCUT2D eigenvalue weighted by Gasteiger charge is -2.05. The third-order valence-electron chi connectivity index (χ3n) is 3.26. The van der Waals surface area contributed by atoms with Crippen molar-refractivity contribution in [1.82, 2.24) is 0 Å². The summed E-state index contributed by atoms with van der Waals surface area (Å²) in [6.07, 6.45) is 4.05. The number of phenols is 1. The van der Waals surface area contributed by atoms with Crippen LogP contribution in [-0.2, 0) is 4.79 Å². The van der Waals surface area contributed by atoms with Crippen LogP contribution >= 0.6 is 0 Å². The average Bonchev–Trinajstić information content (AvgIpc) is 2.60. The Morgan fingerprint density at radius 1 is 1.00 bits per heavy atom. The first-order valence-corrected chi connectivity index (χ1v) is 7.17. The lowest BCUT2D eigenvalue weighted by atomic mass is 10.1. The largest absolute Gasteiger partial charge is 0.508 e. The maximum Gasteiger partial charge on any atom is 0.182 e. The van der Waals surface area contributed by atoms with Crippen molar-refractivity contribution >= 4 is 17.6 Å². The zero-order valence-corrected chi connectivity index (χ0v) is 13.4. The topological polar surface area (TPSA) is 76.0 Å². The fourth-order valence-corrected chi connectivity index (χ4v) is 2.00. The Balaban J connectivity index is 2.15. The summed E-state index contributed by atoms with van der Waals surface area (Å²) in [5, 5.41) is 19.1. The van der Waals surface area contributed by atoms with Crippen molar-refractivity contribution in [3.63, 3.8) is 0 Å². The van der Waals surface area contributed by atoms with Crippen molar-refractivity contribution in [3.05, 3.63) is 65.7 Å². The summed E-state index contributed by atoms with van der Waals surface area (Å²) < 4.78 is 10.3. The molecule has 0 amide bonds. The Hall–Kier alpha value is -3.21. The van der Waals surface area contributed by atoms with Gasteiger partial charge >= 0.3 is 0 Å². The highest BCUT2D eigenvalue weighted by molar-refractivity contribution is 6.05. The molecule has 2 aromatic rings. The summed E-state index contributed by atoms with van der Waals surface area (Å²) in [4.78, 5) is 11.9. The number of aliphatic hydroxyl groups is 1. The molecule has 0 aliphatic heterocycles. The molecule has 24 heavy (non-hydrogen) atoms. The maximum atomic E-state index is 11.9. The number of hydrogen-bond donors (Lipinski definition) is 2. The first-order chi connectivity index (χ1) is 11.5. The smallest absolute Gasteiger partial charge is 0.182 e. The van der Waals surface area contributed by atoms with E-state index in [0.29, 0.717) is 17.1 Å². The van der Waals surface area contributed by atoms with Gasteiger partial charge in [0.2, 0.25) is 0 Å². The molecule has 2 aromatic carbocycles. The summed E-state index contributed by atoms with van der Waals surface area (Å²) in [5.41, 5.74) is 1.18. The number of ether oxygens (including phenoxy) is 2. The van der Waals surface area contributed by atoms with Crippen LogP contribution in [0, 0.1) is 0 Å². The molecule has 0 aliphatic carbocycles. The van der Waals surface area contributed by atoms with E-state index in [2.05, 4.69) is 0 Å². The van der Waals surface area contributed by atoms with Gasteiger partial charge in [0, 0.05) is 17.7 Å². The van der Waals surface area contributed by atoms with E-state index in [0.717, 1.165) is 11.6 Å². The summed E-state index contributed by atoms with van der Waals surface area (Å²) in [7, 11) is 3.09. The molecular formula is C19H18O5. The number of aromatic hydroxyl groups is 1. The predicted molar refractivity (Wildman–Crippen MR) is 92.3 cm³/mol. The average molecular weight is 326 g/mol. The third-order valence-corrected chi connectivity index (χ3v) is 3.26. The van der Waals surface area contributed by atoms with Gasteiger partial charge in [-0.15, -0.1) is 0 Å². The summed E-state index contributed by atoms with van der Waals surface area (Å²) in [6.45, 7) is 0.